The highest BCUT2D eigenvalue weighted by Crippen LogP contribution is 2.29. The van der Waals surface area contributed by atoms with Crippen molar-refractivity contribution >= 4 is 11.8 Å². The van der Waals surface area contributed by atoms with Crippen molar-refractivity contribution in [2.45, 2.75) is 26.7 Å². The number of benzene rings is 1. The summed E-state index contributed by atoms with van der Waals surface area (Å²) in [6.45, 7) is 3.22. The number of carbonyl (C=O) groups is 2. The fourth-order valence-electron chi connectivity index (χ4n) is 1.56. The lowest BCUT2D eigenvalue weighted by Gasteiger charge is -2.09. The molecule has 0 saturated heterocycles. The van der Waals surface area contributed by atoms with Crippen LogP contribution in [0.25, 0.3) is 0 Å². The first-order valence-electron chi connectivity index (χ1n) is 6.99. The summed E-state index contributed by atoms with van der Waals surface area (Å²) >= 11 is 0. The first kappa shape index (κ1) is 20.0. The minimum absolute atomic E-state index is 0.0345. The lowest BCUT2D eigenvalue weighted by atomic mass is 10.1. The van der Waals surface area contributed by atoms with Crippen molar-refractivity contribution in [3.8, 4) is 5.75 Å². The van der Waals surface area contributed by atoms with Crippen LogP contribution in [0.5, 0.6) is 5.75 Å². The highest BCUT2D eigenvalue weighted by Gasteiger charge is 2.28. The molecule has 1 aromatic carbocycles. The maximum atomic E-state index is 13.3. The number of hydrogen-bond donors (Lipinski definition) is 0. The molecule has 0 fully saturated rings. The van der Waals surface area contributed by atoms with E-state index < -0.39 is 47.2 Å². The second-order valence-electron chi connectivity index (χ2n) is 5.11. The van der Waals surface area contributed by atoms with Crippen LogP contribution in [0, 0.1) is 35.0 Å². The molecule has 0 atom stereocenters. The number of ether oxygens (including phenoxy) is 2. The summed E-state index contributed by atoms with van der Waals surface area (Å²) in [7, 11) is 0. The van der Waals surface area contributed by atoms with Gasteiger partial charge in [-0.25, -0.2) is 13.2 Å². The van der Waals surface area contributed by atoms with Crippen molar-refractivity contribution in [3.05, 3.63) is 29.1 Å². The quantitative estimate of drug-likeness (QED) is 0.180. The van der Waals surface area contributed by atoms with Gasteiger partial charge in [0, 0.05) is 12.3 Å². The van der Waals surface area contributed by atoms with Crippen molar-refractivity contribution in [2.75, 3.05) is 13.2 Å². The minimum Gasteiger partial charge on any atom is -0.420 e. The zero-order valence-corrected chi connectivity index (χ0v) is 12.9. The molecule has 0 aliphatic heterocycles. The maximum Gasteiger partial charge on any atom is 0.313 e. The second kappa shape index (κ2) is 8.72. The summed E-state index contributed by atoms with van der Waals surface area (Å²) < 4.78 is 74.5. The number of carbonyl (C=O) groups excluding carboxylic acids is 2. The molecule has 134 valence electrons. The van der Waals surface area contributed by atoms with Gasteiger partial charge in [-0.2, -0.15) is 8.78 Å². The Hall–Kier alpha value is -2.03. The van der Waals surface area contributed by atoms with Gasteiger partial charge in [0.2, 0.25) is 34.8 Å². The average Bonchev–Trinajstić information content (AvgIpc) is 2.54. The van der Waals surface area contributed by atoms with Crippen LogP contribution >= 0.6 is 0 Å². The molecular weight excluding hydrogens is 339 g/mol. The molecule has 4 nitrogen and oxygen atoms in total. The molecule has 1 aromatic rings. The third-order valence-corrected chi connectivity index (χ3v) is 2.97. The Bertz CT molecular complexity index is 602. The van der Waals surface area contributed by atoms with Crippen molar-refractivity contribution in [2.24, 2.45) is 5.92 Å². The first-order chi connectivity index (χ1) is 11.2. The van der Waals surface area contributed by atoms with E-state index in [2.05, 4.69) is 4.74 Å². The fourth-order valence-corrected chi connectivity index (χ4v) is 1.56. The van der Waals surface area contributed by atoms with Crippen molar-refractivity contribution < 1.29 is 41.0 Å². The highest BCUT2D eigenvalue weighted by atomic mass is 19.2. The van der Waals surface area contributed by atoms with Crippen LogP contribution in [0.1, 0.15) is 26.7 Å². The van der Waals surface area contributed by atoms with E-state index in [0.717, 1.165) is 0 Å². The van der Waals surface area contributed by atoms with Crippen LogP contribution < -0.4 is 4.74 Å². The third-order valence-electron chi connectivity index (χ3n) is 2.97. The van der Waals surface area contributed by atoms with E-state index >= 15 is 0 Å². The van der Waals surface area contributed by atoms with Gasteiger partial charge in [-0.05, 0) is 0 Å². The van der Waals surface area contributed by atoms with Gasteiger partial charge in [0.15, 0.2) is 0 Å². The number of rotatable bonds is 8. The predicted octanol–water partition coefficient (Wildman–Crippen LogP) is 3.31. The topological polar surface area (TPSA) is 52.6 Å². The molecule has 0 aliphatic rings. The monoisotopic (exact) mass is 354 g/mol. The number of esters is 1. The Morgan fingerprint density at radius 1 is 0.833 bits per heavy atom. The Morgan fingerprint density at radius 3 is 1.79 bits per heavy atom. The summed E-state index contributed by atoms with van der Waals surface area (Å²) in [6, 6.07) is 0. The summed E-state index contributed by atoms with van der Waals surface area (Å²) in [4.78, 5) is 22.7. The van der Waals surface area contributed by atoms with Crippen LogP contribution in [-0.2, 0) is 14.3 Å². The standard InChI is InChI=1S/C15H15F5O4/c1-7(2)8(21)3-5-23-6-4-9(22)24-15-13(19)11(17)10(16)12(18)14(15)20/h7H,3-6H2,1-2H3. The van der Waals surface area contributed by atoms with Gasteiger partial charge in [0.1, 0.15) is 5.78 Å². The number of halogens is 5. The van der Waals surface area contributed by atoms with E-state index in [4.69, 9.17) is 4.74 Å². The molecule has 0 bridgehead atoms. The molecule has 9 heteroatoms. The fraction of sp³-hybridized carbons (Fsp3) is 0.467. The Labute approximate surface area is 134 Å². The number of hydrogen-bond acceptors (Lipinski definition) is 4. The minimum atomic E-state index is -2.34. The molecule has 0 radical (unpaired) electrons. The highest BCUT2D eigenvalue weighted by molar-refractivity contribution is 5.80. The van der Waals surface area contributed by atoms with E-state index in [-0.39, 0.29) is 31.3 Å². The van der Waals surface area contributed by atoms with Crippen molar-refractivity contribution in [1.82, 2.24) is 0 Å². The van der Waals surface area contributed by atoms with Crippen molar-refractivity contribution in [1.29, 1.82) is 0 Å². The summed E-state index contributed by atoms with van der Waals surface area (Å²) in [5, 5.41) is 0. The van der Waals surface area contributed by atoms with Gasteiger partial charge in [0.05, 0.1) is 19.6 Å². The van der Waals surface area contributed by atoms with Gasteiger partial charge in [-0.15, -0.1) is 0 Å². The zero-order chi connectivity index (χ0) is 18.4. The Morgan fingerprint density at radius 2 is 1.29 bits per heavy atom. The molecular formula is C15H15F5O4. The van der Waals surface area contributed by atoms with E-state index in [1.54, 1.807) is 13.8 Å². The molecule has 0 amide bonds. The van der Waals surface area contributed by atoms with Gasteiger partial charge >= 0.3 is 5.97 Å². The number of ketones is 1. The van der Waals surface area contributed by atoms with Gasteiger partial charge in [-0.1, -0.05) is 13.8 Å². The SMILES string of the molecule is CC(C)C(=O)CCOCCC(=O)Oc1c(F)c(F)c(F)c(F)c1F. The van der Waals surface area contributed by atoms with E-state index in [0.29, 0.717) is 0 Å². The predicted molar refractivity (Wildman–Crippen MR) is 71.8 cm³/mol. The van der Waals surface area contributed by atoms with Gasteiger partial charge in [-0.3, -0.25) is 9.59 Å². The maximum absolute atomic E-state index is 13.3. The largest absolute Gasteiger partial charge is 0.420 e. The van der Waals surface area contributed by atoms with Crippen LogP contribution in [0.4, 0.5) is 22.0 Å². The summed E-state index contributed by atoms with van der Waals surface area (Å²) in [5.41, 5.74) is 0. The smallest absolute Gasteiger partial charge is 0.313 e. The van der Waals surface area contributed by atoms with Crippen LogP contribution in [0.3, 0.4) is 0 Å². The number of Topliss-reactive ketones (excluding diaryl/α,β-unsaturated/α-hetero) is 1. The molecule has 0 aromatic heterocycles. The molecule has 0 heterocycles. The normalized spacial score (nSPS) is 11.0. The molecule has 0 aliphatic carbocycles. The zero-order valence-electron chi connectivity index (χ0n) is 12.9. The van der Waals surface area contributed by atoms with E-state index in [1.807, 2.05) is 0 Å². The van der Waals surface area contributed by atoms with Gasteiger partial charge in [0.25, 0.3) is 0 Å². The average molecular weight is 354 g/mol. The van der Waals surface area contributed by atoms with E-state index in [9.17, 15) is 31.5 Å². The molecule has 1 rings (SSSR count). The first-order valence-corrected chi connectivity index (χ1v) is 6.99. The van der Waals surface area contributed by atoms with Crippen LogP contribution in [0.2, 0.25) is 0 Å². The Balaban J connectivity index is 2.54. The van der Waals surface area contributed by atoms with Crippen LogP contribution in [-0.4, -0.2) is 25.0 Å². The molecule has 0 N–H and O–H groups in total. The molecule has 24 heavy (non-hydrogen) atoms. The molecule has 0 unspecified atom stereocenters. The van der Waals surface area contributed by atoms with E-state index in [1.165, 1.54) is 0 Å². The Kier molecular flexibility index (Phi) is 7.27. The van der Waals surface area contributed by atoms with Crippen molar-refractivity contribution in [3.63, 3.8) is 0 Å². The molecule has 0 saturated carbocycles. The second-order valence-corrected chi connectivity index (χ2v) is 5.11. The lowest BCUT2D eigenvalue weighted by molar-refractivity contribution is -0.136. The molecule has 0 spiro atoms. The summed E-state index contributed by atoms with van der Waals surface area (Å²) in [5.74, 6) is -14.3. The lowest BCUT2D eigenvalue weighted by Crippen LogP contribution is -2.16. The van der Waals surface area contributed by atoms with Gasteiger partial charge < -0.3 is 9.47 Å². The summed E-state index contributed by atoms with van der Waals surface area (Å²) in [6.07, 6.45) is -0.361. The van der Waals surface area contributed by atoms with Crippen LogP contribution in [0.15, 0.2) is 0 Å². The third kappa shape index (κ3) is 4.98.